The Morgan fingerprint density at radius 1 is 1.32 bits per heavy atom. The molecule has 0 bridgehead atoms. The zero-order chi connectivity index (χ0) is 20.4. The third kappa shape index (κ3) is 3.53. The van der Waals surface area contributed by atoms with Gasteiger partial charge in [-0.15, -0.1) is 0 Å². The number of fused-ring (bicyclic) bond motifs is 1. The number of rotatable bonds is 6. The van der Waals surface area contributed by atoms with Crippen molar-refractivity contribution in [2.24, 2.45) is 5.73 Å². The van der Waals surface area contributed by atoms with Crippen LogP contribution in [0, 0.1) is 0 Å². The molecule has 0 radical (unpaired) electrons. The van der Waals surface area contributed by atoms with Crippen molar-refractivity contribution in [1.29, 1.82) is 0 Å². The summed E-state index contributed by atoms with van der Waals surface area (Å²) in [6.45, 7) is 1.85. The van der Waals surface area contributed by atoms with Gasteiger partial charge in [-0.3, -0.25) is 29.4 Å². The van der Waals surface area contributed by atoms with Crippen molar-refractivity contribution >= 4 is 35.4 Å². The van der Waals surface area contributed by atoms with Crippen LogP contribution in [0.3, 0.4) is 0 Å². The van der Waals surface area contributed by atoms with E-state index in [1.807, 2.05) is 6.92 Å². The van der Waals surface area contributed by atoms with Crippen molar-refractivity contribution in [3.05, 3.63) is 29.3 Å². The Balaban J connectivity index is 1.86. The van der Waals surface area contributed by atoms with Crippen LogP contribution in [0.4, 0.5) is 10.5 Å². The minimum atomic E-state index is -1.03. The fourth-order valence-electron chi connectivity index (χ4n) is 3.30. The van der Waals surface area contributed by atoms with E-state index >= 15 is 0 Å². The molecule has 5 amide bonds. The van der Waals surface area contributed by atoms with E-state index in [9.17, 15) is 24.0 Å². The van der Waals surface area contributed by atoms with Gasteiger partial charge in [0.2, 0.25) is 11.8 Å². The minimum absolute atomic E-state index is 0.00546. The molecule has 1 aromatic rings. The van der Waals surface area contributed by atoms with Crippen LogP contribution in [0.15, 0.2) is 18.2 Å². The Kier molecular flexibility index (Phi) is 5.30. The van der Waals surface area contributed by atoms with E-state index in [0.29, 0.717) is 12.1 Å². The molecule has 0 aromatic heterocycles. The number of carbonyl (C=O) groups excluding carboxylic acids is 5. The van der Waals surface area contributed by atoms with E-state index in [2.05, 4.69) is 10.6 Å². The van der Waals surface area contributed by atoms with E-state index in [0.717, 1.165) is 4.90 Å². The Hall–Kier alpha value is -3.43. The Morgan fingerprint density at radius 3 is 2.71 bits per heavy atom. The molecule has 2 atom stereocenters. The molecule has 10 nitrogen and oxygen atoms in total. The summed E-state index contributed by atoms with van der Waals surface area (Å²) in [5.74, 6) is -2.29. The summed E-state index contributed by atoms with van der Waals surface area (Å²) in [5, 5.41) is 5.25. The van der Waals surface area contributed by atoms with Crippen LogP contribution in [0.1, 0.15) is 46.9 Å². The maximum Gasteiger partial charge on any atom is 0.404 e. The number of anilines is 1. The molecule has 1 aromatic carbocycles. The van der Waals surface area contributed by atoms with Gasteiger partial charge in [0, 0.05) is 12.1 Å². The summed E-state index contributed by atoms with van der Waals surface area (Å²) in [4.78, 5) is 61.0. The van der Waals surface area contributed by atoms with Crippen molar-refractivity contribution in [3.63, 3.8) is 0 Å². The fraction of sp³-hybridized carbons (Fsp3) is 0.389. The summed E-state index contributed by atoms with van der Waals surface area (Å²) < 4.78 is 4.80. The number of nitrogens with zero attached hydrogens (tertiary/aromatic N) is 1. The first-order valence-electron chi connectivity index (χ1n) is 8.86. The number of piperidine rings is 1. The maximum atomic E-state index is 13.0. The Labute approximate surface area is 160 Å². The topological polar surface area (TPSA) is 148 Å². The molecule has 2 aliphatic heterocycles. The number of ether oxygens (including phenoxy) is 1. The number of hydrogen-bond acceptors (Lipinski definition) is 7. The average Bonchev–Trinajstić information content (AvgIpc) is 2.90. The van der Waals surface area contributed by atoms with E-state index in [1.165, 1.54) is 6.07 Å². The van der Waals surface area contributed by atoms with E-state index in [4.69, 9.17) is 10.5 Å². The molecule has 0 saturated carbocycles. The molecule has 4 N–H and O–H groups in total. The van der Waals surface area contributed by atoms with E-state index in [1.54, 1.807) is 12.1 Å². The summed E-state index contributed by atoms with van der Waals surface area (Å²) >= 11 is 0. The monoisotopic (exact) mass is 388 g/mol. The second-order valence-electron chi connectivity index (χ2n) is 6.55. The van der Waals surface area contributed by atoms with Gasteiger partial charge in [0.1, 0.15) is 12.6 Å². The molecular weight excluding hydrogens is 368 g/mol. The van der Waals surface area contributed by atoms with Crippen LogP contribution in [-0.2, 0) is 14.3 Å². The van der Waals surface area contributed by atoms with Crippen LogP contribution in [0.5, 0.6) is 0 Å². The molecule has 28 heavy (non-hydrogen) atoms. The number of imide groups is 2. The molecule has 2 aliphatic rings. The van der Waals surface area contributed by atoms with Crippen molar-refractivity contribution in [3.8, 4) is 0 Å². The Bertz CT molecular complexity index is 868. The molecule has 148 valence electrons. The fourth-order valence-corrected chi connectivity index (χ4v) is 3.30. The molecular formula is C18H20N4O6. The van der Waals surface area contributed by atoms with Gasteiger partial charge in [-0.2, -0.15) is 0 Å². The molecule has 3 rings (SSSR count). The van der Waals surface area contributed by atoms with Gasteiger partial charge < -0.3 is 15.8 Å². The van der Waals surface area contributed by atoms with Crippen LogP contribution in [-0.4, -0.2) is 53.3 Å². The van der Waals surface area contributed by atoms with Crippen LogP contribution >= 0.6 is 0 Å². The van der Waals surface area contributed by atoms with Gasteiger partial charge in [0.25, 0.3) is 11.8 Å². The highest BCUT2D eigenvalue weighted by Crippen LogP contribution is 2.32. The lowest BCUT2D eigenvalue weighted by molar-refractivity contribution is -0.136. The lowest BCUT2D eigenvalue weighted by Gasteiger charge is -2.28. The number of nitrogens with two attached hydrogens (primary N) is 1. The normalized spacial score (nSPS) is 19.9. The summed E-state index contributed by atoms with van der Waals surface area (Å²) in [5.41, 5.74) is 5.70. The first kappa shape index (κ1) is 19.3. The van der Waals surface area contributed by atoms with Crippen LogP contribution in [0.2, 0.25) is 0 Å². The molecule has 2 unspecified atom stereocenters. The molecule has 0 aliphatic carbocycles. The zero-order valence-corrected chi connectivity index (χ0v) is 15.2. The molecule has 1 fully saturated rings. The van der Waals surface area contributed by atoms with Gasteiger partial charge in [0.05, 0.1) is 17.2 Å². The third-order valence-electron chi connectivity index (χ3n) is 4.75. The first-order valence-corrected chi connectivity index (χ1v) is 8.86. The summed E-state index contributed by atoms with van der Waals surface area (Å²) in [7, 11) is 0. The second-order valence-corrected chi connectivity index (χ2v) is 6.55. The van der Waals surface area contributed by atoms with Crippen molar-refractivity contribution < 1.29 is 28.7 Å². The predicted octanol–water partition coefficient (Wildman–Crippen LogP) is 0.374. The lowest BCUT2D eigenvalue weighted by Crippen LogP contribution is -2.54. The molecule has 2 heterocycles. The number of hydrogen-bond donors (Lipinski definition) is 3. The number of carbonyl (C=O) groups is 5. The summed E-state index contributed by atoms with van der Waals surface area (Å²) in [6, 6.07) is 3.39. The van der Waals surface area contributed by atoms with Crippen molar-refractivity contribution in [2.45, 2.75) is 38.3 Å². The minimum Gasteiger partial charge on any atom is -0.448 e. The zero-order valence-electron chi connectivity index (χ0n) is 15.2. The number of benzene rings is 1. The lowest BCUT2D eigenvalue weighted by atomic mass is 10.0. The SMILES string of the molecule is CCC(COC(N)=O)Nc1cccc2c1C(=O)N(C1CCC(=O)NC1=O)C2=O. The highest BCUT2D eigenvalue weighted by atomic mass is 16.5. The standard InChI is InChI=1S/C18H20N4O6/c1-2-9(8-28-18(19)27)20-11-5-3-4-10-14(11)17(26)22(16(10)25)12-6-7-13(23)21-15(12)24/h3-5,9,12,20H,2,6-8H2,1H3,(H2,19,27)(H,21,23,24). The number of amides is 5. The van der Waals surface area contributed by atoms with Gasteiger partial charge in [-0.05, 0) is 25.0 Å². The number of primary amides is 1. The third-order valence-corrected chi connectivity index (χ3v) is 4.75. The molecule has 10 heteroatoms. The number of nitrogens with one attached hydrogen (secondary N) is 2. The maximum absolute atomic E-state index is 13.0. The highest BCUT2D eigenvalue weighted by Gasteiger charge is 2.45. The van der Waals surface area contributed by atoms with Crippen LogP contribution < -0.4 is 16.4 Å². The summed E-state index contributed by atoms with van der Waals surface area (Å²) in [6.07, 6.45) is -0.204. The van der Waals surface area contributed by atoms with Crippen molar-refractivity contribution in [2.75, 3.05) is 11.9 Å². The van der Waals surface area contributed by atoms with Gasteiger partial charge >= 0.3 is 6.09 Å². The highest BCUT2D eigenvalue weighted by molar-refractivity contribution is 6.25. The van der Waals surface area contributed by atoms with E-state index < -0.39 is 35.8 Å². The average molecular weight is 388 g/mol. The largest absolute Gasteiger partial charge is 0.448 e. The smallest absolute Gasteiger partial charge is 0.404 e. The van der Waals surface area contributed by atoms with Gasteiger partial charge in [0.15, 0.2) is 0 Å². The molecule has 1 saturated heterocycles. The van der Waals surface area contributed by atoms with Crippen molar-refractivity contribution in [1.82, 2.24) is 10.2 Å². The first-order chi connectivity index (χ1) is 13.3. The second kappa shape index (κ2) is 7.67. The van der Waals surface area contributed by atoms with Gasteiger partial charge in [-0.1, -0.05) is 13.0 Å². The van der Waals surface area contributed by atoms with Gasteiger partial charge in [-0.25, -0.2) is 4.79 Å². The molecule has 0 spiro atoms. The predicted molar refractivity (Wildman–Crippen MR) is 96.4 cm³/mol. The Morgan fingerprint density at radius 2 is 2.07 bits per heavy atom. The quantitative estimate of drug-likeness (QED) is 0.596. The van der Waals surface area contributed by atoms with E-state index in [-0.39, 0.29) is 36.6 Å². The van der Waals surface area contributed by atoms with Crippen LogP contribution in [0.25, 0.3) is 0 Å².